The van der Waals surface area contributed by atoms with Crippen molar-refractivity contribution in [1.29, 1.82) is 0 Å². The number of aromatic nitrogens is 2. The molecule has 86 valence electrons. The van der Waals surface area contributed by atoms with Gasteiger partial charge < -0.3 is 0 Å². The highest BCUT2D eigenvalue weighted by molar-refractivity contribution is 7.89. The first-order valence-corrected chi connectivity index (χ1v) is 6.33. The zero-order chi connectivity index (χ0) is 11.8. The molecule has 0 saturated heterocycles. The van der Waals surface area contributed by atoms with E-state index in [4.69, 9.17) is 11.6 Å². The van der Waals surface area contributed by atoms with Crippen LogP contribution in [0.5, 0.6) is 0 Å². The van der Waals surface area contributed by atoms with E-state index in [1.54, 1.807) is 27.8 Å². The van der Waals surface area contributed by atoms with Gasteiger partial charge in [0.2, 0.25) is 10.0 Å². The maximum atomic E-state index is 11.8. The van der Waals surface area contributed by atoms with Crippen LogP contribution in [0.2, 0.25) is 5.15 Å². The maximum absolute atomic E-state index is 11.8. The van der Waals surface area contributed by atoms with Crippen LogP contribution in [0.4, 0.5) is 0 Å². The summed E-state index contributed by atoms with van der Waals surface area (Å²) in [6.07, 6.45) is 0. The topological polar surface area (TPSA) is 64.0 Å². The zero-order valence-corrected chi connectivity index (χ0v) is 10.6. The lowest BCUT2D eigenvalue weighted by molar-refractivity contribution is 0.569. The summed E-state index contributed by atoms with van der Waals surface area (Å²) in [7, 11) is -1.96. The number of nitrogens with one attached hydrogen (secondary N) is 1. The Morgan fingerprint density at radius 1 is 1.47 bits per heavy atom. The molecule has 7 heteroatoms. The Labute approximate surface area is 94.5 Å². The smallest absolute Gasteiger partial charge is 0.245 e. The van der Waals surface area contributed by atoms with Crippen molar-refractivity contribution < 1.29 is 8.42 Å². The van der Waals surface area contributed by atoms with Gasteiger partial charge in [0, 0.05) is 13.1 Å². The molecule has 0 amide bonds. The van der Waals surface area contributed by atoms with E-state index in [1.165, 1.54) is 4.68 Å². The van der Waals surface area contributed by atoms with Gasteiger partial charge in [-0.15, -0.1) is 0 Å². The SMILES string of the molecule is Cc1nn(C)c(Cl)c1S(=O)(=O)NC(C)C. The molecular formula is C8H14ClN3O2S. The molecule has 0 aliphatic heterocycles. The summed E-state index contributed by atoms with van der Waals surface area (Å²) in [6, 6.07) is -0.175. The summed E-state index contributed by atoms with van der Waals surface area (Å²) >= 11 is 5.86. The third-order valence-corrected chi connectivity index (χ3v) is 4.11. The van der Waals surface area contributed by atoms with Gasteiger partial charge in [-0.2, -0.15) is 5.10 Å². The van der Waals surface area contributed by atoms with Crippen LogP contribution in [0, 0.1) is 6.92 Å². The van der Waals surface area contributed by atoms with Crippen molar-refractivity contribution in [2.45, 2.75) is 31.7 Å². The summed E-state index contributed by atoms with van der Waals surface area (Å²) in [5.74, 6) is 0. The highest BCUT2D eigenvalue weighted by Crippen LogP contribution is 2.23. The van der Waals surface area contributed by atoms with E-state index < -0.39 is 10.0 Å². The Morgan fingerprint density at radius 3 is 2.33 bits per heavy atom. The second kappa shape index (κ2) is 4.11. The van der Waals surface area contributed by atoms with Crippen molar-refractivity contribution in [3.8, 4) is 0 Å². The van der Waals surface area contributed by atoms with Gasteiger partial charge in [0.25, 0.3) is 0 Å². The zero-order valence-electron chi connectivity index (χ0n) is 9.07. The maximum Gasteiger partial charge on any atom is 0.245 e. The van der Waals surface area contributed by atoms with Gasteiger partial charge in [-0.05, 0) is 20.8 Å². The minimum atomic E-state index is -3.57. The van der Waals surface area contributed by atoms with Crippen molar-refractivity contribution in [3.05, 3.63) is 10.8 Å². The van der Waals surface area contributed by atoms with E-state index in [9.17, 15) is 8.42 Å². The molecule has 1 heterocycles. The molecule has 0 spiro atoms. The Morgan fingerprint density at radius 2 is 2.00 bits per heavy atom. The number of nitrogens with zero attached hydrogens (tertiary/aromatic N) is 2. The molecule has 1 rings (SSSR count). The van der Waals surface area contributed by atoms with Gasteiger partial charge >= 0.3 is 0 Å². The van der Waals surface area contributed by atoms with Gasteiger partial charge in [0.05, 0.1) is 5.69 Å². The Bertz CT molecular complexity index is 464. The normalized spacial score (nSPS) is 12.4. The number of hydrogen-bond donors (Lipinski definition) is 1. The Kier molecular flexibility index (Phi) is 3.42. The van der Waals surface area contributed by atoms with Gasteiger partial charge in [-0.3, -0.25) is 4.68 Å². The monoisotopic (exact) mass is 251 g/mol. The van der Waals surface area contributed by atoms with Crippen molar-refractivity contribution in [3.63, 3.8) is 0 Å². The van der Waals surface area contributed by atoms with E-state index >= 15 is 0 Å². The van der Waals surface area contributed by atoms with Crippen LogP contribution < -0.4 is 4.72 Å². The third-order valence-electron chi connectivity index (χ3n) is 1.76. The van der Waals surface area contributed by atoms with Gasteiger partial charge in [-0.1, -0.05) is 11.6 Å². The van der Waals surface area contributed by atoms with Gasteiger partial charge in [-0.25, -0.2) is 13.1 Å². The molecule has 0 bridgehead atoms. The molecule has 0 radical (unpaired) electrons. The van der Waals surface area contributed by atoms with E-state index in [0.29, 0.717) is 5.69 Å². The fraction of sp³-hybridized carbons (Fsp3) is 0.625. The van der Waals surface area contributed by atoms with Crippen LogP contribution in [-0.4, -0.2) is 24.2 Å². The fourth-order valence-corrected chi connectivity index (χ4v) is 3.29. The van der Waals surface area contributed by atoms with Gasteiger partial charge in [0.1, 0.15) is 10.0 Å². The van der Waals surface area contributed by atoms with Crippen LogP contribution in [0.3, 0.4) is 0 Å². The summed E-state index contributed by atoms with van der Waals surface area (Å²) in [6.45, 7) is 5.11. The van der Waals surface area contributed by atoms with E-state index in [1.807, 2.05) is 0 Å². The summed E-state index contributed by atoms with van der Waals surface area (Å²) in [4.78, 5) is 0.0559. The molecule has 0 aromatic carbocycles. The molecular weight excluding hydrogens is 238 g/mol. The third kappa shape index (κ3) is 2.50. The molecule has 15 heavy (non-hydrogen) atoms. The number of rotatable bonds is 3. The molecule has 0 unspecified atom stereocenters. The van der Waals surface area contributed by atoms with Crippen molar-refractivity contribution in [2.75, 3.05) is 0 Å². The quantitative estimate of drug-likeness (QED) is 0.874. The summed E-state index contributed by atoms with van der Waals surface area (Å²) in [5, 5.41) is 4.08. The predicted octanol–water partition coefficient (Wildman–Crippen LogP) is 1.07. The minimum absolute atomic E-state index is 0.0559. The number of hydrogen-bond acceptors (Lipinski definition) is 3. The lowest BCUT2D eigenvalue weighted by Gasteiger charge is -2.08. The van der Waals surface area contributed by atoms with Crippen LogP contribution in [0.25, 0.3) is 0 Å². The fourth-order valence-electron chi connectivity index (χ4n) is 1.29. The average Bonchev–Trinajstić information content (AvgIpc) is 2.23. The van der Waals surface area contributed by atoms with Crippen molar-refractivity contribution in [1.82, 2.24) is 14.5 Å². The molecule has 5 nitrogen and oxygen atoms in total. The lowest BCUT2D eigenvalue weighted by atomic mass is 10.4. The molecule has 0 saturated carbocycles. The molecule has 1 aromatic rings. The van der Waals surface area contributed by atoms with Crippen LogP contribution >= 0.6 is 11.6 Å². The van der Waals surface area contributed by atoms with E-state index in [0.717, 1.165) is 0 Å². The second-order valence-corrected chi connectivity index (χ2v) is 5.61. The summed E-state index contributed by atoms with van der Waals surface area (Å²) in [5.41, 5.74) is 0.399. The van der Waals surface area contributed by atoms with E-state index in [2.05, 4.69) is 9.82 Å². The Hall–Kier alpha value is -0.590. The first-order valence-electron chi connectivity index (χ1n) is 4.47. The first kappa shape index (κ1) is 12.5. The number of aryl methyl sites for hydroxylation is 2. The average molecular weight is 252 g/mol. The second-order valence-electron chi connectivity index (χ2n) is 3.60. The van der Waals surface area contributed by atoms with E-state index in [-0.39, 0.29) is 16.1 Å². The van der Waals surface area contributed by atoms with Crippen LogP contribution in [0.15, 0.2) is 4.90 Å². The standard InChI is InChI=1S/C8H14ClN3O2S/c1-5(2)11-15(13,14)7-6(3)10-12(4)8(7)9/h5,11H,1-4H3. The number of halogens is 1. The summed E-state index contributed by atoms with van der Waals surface area (Å²) < 4.78 is 27.5. The largest absolute Gasteiger partial charge is 0.255 e. The molecule has 1 aromatic heterocycles. The van der Waals surface area contributed by atoms with Crippen LogP contribution in [0.1, 0.15) is 19.5 Å². The van der Waals surface area contributed by atoms with Crippen LogP contribution in [-0.2, 0) is 17.1 Å². The highest BCUT2D eigenvalue weighted by atomic mass is 35.5. The van der Waals surface area contributed by atoms with Gasteiger partial charge in [0.15, 0.2) is 0 Å². The molecule has 0 aliphatic rings. The van der Waals surface area contributed by atoms with Crippen molar-refractivity contribution in [2.24, 2.45) is 7.05 Å². The number of sulfonamides is 1. The molecule has 0 fully saturated rings. The minimum Gasteiger partial charge on any atom is -0.255 e. The lowest BCUT2D eigenvalue weighted by Crippen LogP contribution is -2.30. The predicted molar refractivity (Wildman–Crippen MR) is 58.4 cm³/mol. The Balaban J connectivity index is 3.27. The highest BCUT2D eigenvalue weighted by Gasteiger charge is 2.25. The first-order chi connectivity index (χ1) is 6.75. The molecule has 0 atom stereocenters. The molecule has 0 aliphatic carbocycles. The molecule has 1 N–H and O–H groups in total. The van der Waals surface area contributed by atoms with Crippen molar-refractivity contribution >= 4 is 21.6 Å².